The van der Waals surface area contributed by atoms with Crippen molar-refractivity contribution in [3.63, 3.8) is 0 Å². The van der Waals surface area contributed by atoms with Crippen molar-refractivity contribution in [2.45, 2.75) is 29.2 Å². The maximum Gasteiger partial charge on any atom is 0.0545 e. The number of nitrogens with two attached hydrogens (primary N) is 1. The minimum absolute atomic E-state index is 0.165. The molecule has 0 spiro atoms. The van der Waals surface area contributed by atoms with Gasteiger partial charge in [0, 0.05) is 20.3 Å². The molecule has 0 heterocycles. The fourth-order valence-electron chi connectivity index (χ4n) is 1.76. The zero-order valence-corrected chi connectivity index (χ0v) is 13.7. The number of hydrogen-bond acceptors (Lipinski definition) is 2. The molecule has 1 atom stereocenters. The highest BCUT2D eigenvalue weighted by molar-refractivity contribution is 9.10. The van der Waals surface area contributed by atoms with Crippen LogP contribution in [0.5, 0.6) is 0 Å². The first-order valence-corrected chi connectivity index (χ1v) is 8.01. The van der Waals surface area contributed by atoms with E-state index in [0.717, 1.165) is 25.7 Å². The van der Waals surface area contributed by atoms with Gasteiger partial charge in [0.25, 0.3) is 0 Å². The summed E-state index contributed by atoms with van der Waals surface area (Å²) in [5.41, 5.74) is 7.07. The van der Waals surface area contributed by atoms with Gasteiger partial charge in [-0.15, -0.1) is 0 Å². The lowest BCUT2D eigenvalue weighted by molar-refractivity contribution is 0.735. The molecule has 2 N–H and O–H groups in total. The molecule has 0 amide bonds. The summed E-state index contributed by atoms with van der Waals surface area (Å²) in [5, 5.41) is 0.781. The van der Waals surface area contributed by atoms with Gasteiger partial charge < -0.3 is 5.73 Å². The largest absolute Gasteiger partial charge is 0.328 e. The Morgan fingerprint density at radius 1 is 1.26 bits per heavy atom. The zero-order valence-electron chi connectivity index (χ0n) is 10.6. The van der Waals surface area contributed by atoms with Crippen LogP contribution in [0.15, 0.2) is 56.7 Å². The summed E-state index contributed by atoms with van der Waals surface area (Å²) < 4.78 is 1.10. The third kappa shape index (κ3) is 4.25. The number of halogens is 2. The molecule has 1 unspecified atom stereocenters. The van der Waals surface area contributed by atoms with Crippen LogP contribution in [-0.2, 0) is 6.42 Å². The van der Waals surface area contributed by atoms with Gasteiger partial charge in [0.05, 0.1) is 5.02 Å². The first-order valence-electron chi connectivity index (χ1n) is 6.02. The van der Waals surface area contributed by atoms with Crippen molar-refractivity contribution >= 4 is 39.3 Å². The molecule has 0 radical (unpaired) electrons. The molecule has 0 aromatic heterocycles. The van der Waals surface area contributed by atoms with Crippen LogP contribution in [-0.4, -0.2) is 6.04 Å². The fourth-order valence-corrected chi connectivity index (χ4v) is 3.58. The molecule has 2 aromatic carbocycles. The molecule has 19 heavy (non-hydrogen) atoms. The normalized spacial score (nSPS) is 12.4. The van der Waals surface area contributed by atoms with Crippen molar-refractivity contribution in [1.29, 1.82) is 0 Å². The summed E-state index contributed by atoms with van der Waals surface area (Å²) in [5.74, 6) is 0. The van der Waals surface area contributed by atoms with E-state index < -0.39 is 0 Å². The van der Waals surface area contributed by atoms with Crippen molar-refractivity contribution in [2.75, 3.05) is 0 Å². The molecular weight excluding hydrogens is 342 g/mol. The van der Waals surface area contributed by atoms with Gasteiger partial charge >= 0.3 is 0 Å². The van der Waals surface area contributed by atoms with Crippen molar-refractivity contribution in [3.05, 3.63) is 57.5 Å². The van der Waals surface area contributed by atoms with E-state index in [-0.39, 0.29) is 6.04 Å². The van der Waals surface area contributed by atoms with E-state index in [0.29, 0.717) is 0 Å². The summed E-state index contributed by atoms with van der Waals surface area (Å²) in [6.07, 6.45) is 0.873. The Labute approximate surface area is 131 Å². The lowest BCUT2D eigenvalue weighted by Gasteiger charge is -2.10. The summed E-state index contributed by atoms with van der Waals surface area (Å²) in [6.45, 7) is 2.01. The molecule has 0 bridgehead atoms. The van der Waals surface area contributed by atoms with Gasteiger partial charge in [0.1, 0.15) is 0 Å². The maximum atomic E-state index is 6.16. The Bertz CT molecular complexity index is 572. The Morgan fingerprint density at radius 3 is 2.63 bits per heavy atom. The summed E-state index contributed by atoms with van der Waals surface area (Å²) >= 11 is 11.4. The highest BCUT2D eigenvalue weighted by Crippen LogP contribution is 2.35. The van der Waals surface area contributed by atoms with Crippen molar-refractivity contribution in [3.8, 4) is 0 Å². The lowest BCUT2D eigenvalue weighted by atomic mass is 10.1. The van der Waals surface area contributed by atoms with E-state index in [2.05, 4.69) is 34.1 Å². The molecule has 0 saturated heterocycles. The van der Waals surface area contributed by atoms with Crippen LogP contribution in [0.1, 0.15) is 12.5 Å². The smallest absolute Gasteiger partial charge is 0.0545 e. The van der Waals surface area contributed by atoms with Crippen LogP contribution in [0.4, 0.5) is 0 Å². The summed E-state index contributed by atoms with van der Waals surface area (Å²) in [4.78, 5) is 2.23. The summed E-state index contributed by atoms with van der Waals surface area (Å²) in [6, 6.07) is 14.4. The van der Waals surface area contributed by atoms with Crippen molar-refractivity contribution < 1.29 is 0 Å². The van der Waals surface area contributed by atoms with Gasteiger partial charge in [0.15, 0.2) is 0 Å². The molecule has 0 aliphatic heterocycles. The van der Waals surface area contributed by atoms with Crippen LogP contribution in [0, 0.1) is 0 Å². The minimum atomic E-state index is 0.165. The van der Waals surface area contributed by atoms with E-state index in [4.69, 9.17) is 17.3 Å². The number of hydrogen-bond donors (Lipinski definition) is 1. The lowest BCUT2D eigenvalue weighted by Crippen LogP contribution is -2.17. The van der Waals surface area contributed by atoms with Gasteiger partial charge in [-0.3, -0.25) is 0 Å². The second-order valence-corrected chi connectivity index (χ2v) is 6.84. The molecule has 4 heteroatoms. The molecule has 2 rings (SSSR count). The second kappa shape index (κ2) is 6.80. The molecule has 2 aromatic rings. The third-order valence-corrected chi connectivity index (χ3v) is 4.88. The highest BCUT2D eigenvalue weighted by atomic mass is 79.9. The van der Waals surface area contributed by atoms with Crippen molar-refractivity contribution in [2.24, 2.45) is 5.73 Å². The average molecular weight is 357 g/mol. The Hall–Kier alpha value is -0.480. The molecule has 0 saturated carbocycles. The quantitative estimate of drug-likeness (QED) is 0.820. The molecule has 0 aliphatic rings. The van der Waals surface area contributed by atoms with Crippen LogP contribution in [0.3, 0.4) is 0 Å². The Morgan fingerprint density at radius 2 is 2.00 bits per heavy atom. The van der Waals surface area contributed by atoms with Gasteiger partial charge in [0.2, 0.25) is 0 Å². The van der Waals surface area contributed by atoms with E-state index in [1.54, 1.807) is 11.8 Å². The zero-order chi connectivity index (χ0) is 13.8. The standard InChI is InChI=1S/C15H15BrClNS/c1-10(18)8-11-6-7-12(9-13(11)16)19-15-5-3-2-4-14(15)17/h2-7,9-10H,8,18H2,1H3. The molecule has 100 valence electrons. The summed E-state index contributed by atoms with van der Waals surface area (Å²) in [7, 11) is 0. The highest BCUT2D eigenvalue weighted by Gasteiger charge is 2.06. The SMILES string of the molecule is CC(N)Cc1ccc(Sc2ccccc2Cl)cc1Br. The van der Waals surface area contributed by atoms with E-state index >= 15 is 0 Å². The second-order valence-electron chi connectivity index (χ2n) is 4.47. The van der Waals surface area contributed by atoms with Crippen LogP contribution in [0.2, 0.25) is 5.02 Å². The molecule has 0 fully saturated rings. The van der Waals surface area contributed by atoms with Gasteiger partial charge in [-0.2, -0.15) is 0 Å². The topological polar surface area (TPSA) is 26.0 Å². The maximum absolute atomic E-state index is 6.16. The number of rotatable bonds is 4. The fraction of sp³-hybridized carbons (Fsp3) is 0.200. The Kier molecular flexibility index (Phi) is 5.34. The van der Waals surface area contributed by atoms with Crippen LogP contribution >= 0.6 is 39.3 Å². The van der Waals surface area contributed by atoms with E-state index in [1.165, 1.54) is 5.56 Å². The Balaban J connectivity index is 2.19. The van der Waals surface area contributed by atoms with Crippen molar-refractivity contribution in [1.82, 2.24) is 0 Å². The molecule has 0 aliphatic carbocycles. The van der Waals surface area contributed by atoms with Gasteiger partial charge in [-0.05, 0) is 43.2 Å². The van der Waals surface area contributed by atoms with Crippen LogP contribution < -0.4 is 5.73 Å². The van der Waals surface area contributed by atoms with Crippen LogP contribution in [0.25, 0.3) is 0 Å². The predicted octanol–water partition coefficient (Wildman–Crippen LogP) is 5.14. The first kappa shape index (κ1) is 14.9. The van der Waals surface area contributed by atoms with Gasteiger partial charge in [-0.25, -0.2) is 0 Å². The van der Waals surface area contributed by atoms with E-state index in [1.807, 2.05) is 31.2 Å². The monoisotopic (exact) mass is 355 g/mol. The molecular formula is C15H15BrClNS. The third-order valence-electron chi connectivity index (χ3n) is 2.63. The predicted molar refractivity (Wildman–Crippen MR) is 87.1 cm³/mol. The number of benzene rings is 2. The van der Waals surface area contributed by atoms with Gasteiger partial charge in [-0.1, -0.05) is 57.5 Å². The molecule has 1 nitrogen and oxygen atoms in total. The average Bonchev–Trinajstić information content (AvgIpc) is 2.35. The van der Waals surface area contributed by atoms with E-state index in [9.17, 15) is 0 Å². The first-order chi connectivity index (χ1) is 9.06. The minimum Gasteiger partial charge on any atom is -0.328 e.